The Balaban J connectivity index is 2.13. The van der Waals surface area contributed by atoms with Gasteiger partial charge in [0.05, 0.1) is 8.66 Å². The Morgan fingerprint density at radius 1 is 1.22 bits per heavy atom. The monoisotopic (exact) mass is 387 g/mol. The minimum atomic E-state index is -0.176. The van der Waals surface area contributed by atoms with Crippen molar-refractivity contribution in [3.63, 3.8) is 0 Å². The van der Waals surface area contributed by atoms with Crippen LogP contribution in [0.25, 0.3) is 0 Å². The predicted octanol–water partition coefficient (Wildman–Crippen LogP) is 4.34. The summed E-state index contributed by atoms with van der Waals surface area (Å²) in [5, 5.41) is 2.76. The molecular formula is C12H7Br2NO2S. The molecule has 0 atom stereocenters. The maximum absolute atomic E-state index is 11.9. The molecule has 0 saturated heterocycles. The lowest BCUT2D eigenvalue weighted by Gasteiger charge is -2.03. The SMILES string of the molecule is O=Cc1ccc(NC(=O)c2cc(Br)c(Br)s2)cc1. The number of benzene rings is 1. The molecule has 0 bridgehead atoms. The number of halogens is 2. The number of anilines is 1. The summed E-state index contributed by atoms with van der Waals surface area (Å²) in [5.41, 5.74) is 1.24. The third-order valence-electron chi connectivity index (χ3n) is 2.17. The number of carbonyl (C=O) groups is 2. The Kier molecular flexibility index (Phi) is 4.31. The molecule has 0 aliphatic rings. The number of thiophene rings is 1. The van der Waals surface area contributed by atoms with Gasteiger partial charge in [0.1, 0.15) is 6.29 Å². The molecule has 1 aromatic carbocycles. The maximum atomic E-state index is 11.9. The number of aldehydes is 1. The summed E-state index contributed by atoms with van der Waals surface area (Å²) >= 11 is 8.03. The van der Waals surface area contributed by atoms with E-state index < -0.39 is 0 Å². The molecule has 1 amide bonds. The van der Waals surface area contributed by atoms with Gasteiger partial charge >= 0.3 is 0 Å². The number of hydrogen-bond acceptors (Lipinski definition) is 3. The normalized spacial score (nSPS) is 10.1. The molecule has 6 heteroatoms. The van der Waals surface area contributed by atoms with E-state index in [1.165, 1.54) is 11.3 Å². The number of hydrogen-bond donors (Lipinski definition) is 1. The lowest BCUT2D eigenvalue weighted by atomic mass is 10.2. The quantitative estimate of drug-likeness (QED) is 0.795. The second-order valence-electron chi connectivity index (χ2n) is 3.43. The van der Waals surface area contributed by atoms with E-state index in [0.717, 1.165) is 14.5 Å². The van der Waals surface area contributed by atoms with Gasteiger partial charge in [-0.15, -0.1) is 11.3 Å². The molecule has 0 aliphatic carbocycles. The van der Waals surface area contributed by atoms with Crippen molar-refractivity contribution in [2.45, 2.75) is 0 Å². The highest BCUT2D eigenvalue weighted by molar-refractivity contribution is 9.13. The molecule has 2 aromatic rings. The van der Waals surface area contributed by atoms with Crippen molar-refractivity contribution in [1.29, 1.82) is 0 Å². The Hall–Kier alpha value is -0.980. The topological polar surface area (TPSA) is 46.2 Å². The van der Waals surface area contributed by atoms with Crippen LogP contribution in [0.5, 0.6) is 0 Å². The van der Waals surface area contributed by atoms with Gasteiger partial charge in [0.2, 0.25) is 0 Å². The van der Waals surface area contributed by atoms with Crippen molar-refractivity contribution in [1.82, 2.24) is 0 Å². The Bertz CT molecular complexity index is 573. The van der Waals surface area contributed by atoms with E-state index in [-0.39, 0.29) is 5.91 Å². The van der Waals surface area contributed by atoms with E-state index in [4.69, 9.17) is 0 Å². The zero-order valence-corrected chi connectivity index (χ0v) is 12.9. The Labute approximate surface area is 124 Å². The smallest absolute Gasteiger partial charge is 0.265 e. The van der Waals surface area contributed by atoms with Crippen molar-refractivity contribution in [3.8, 4) is 0 Å². The highest BCUT2D eigenvalue weighted by atomic mass is 79.9. The second kappa shape index (κ2) is 5.77. The van der Waals surface area contributed by atoms with Gasteiger partial charge in [-0.1, -0.05) is 0 Å². The van der Waals surface area contributed by atoms with E-state index in [2.05, 4.69) is 37.2 Å². The van der Waals surface area contributed by atoms with Gasteiger partial charge in [0, 0.05) is 15.7 Å². The highest BCUT2D eigenvalue weighted by Crippen LogP contribution is 2.32. The third-order valence-corrected chi connectivity index (χ3v) is 5.43. The lowest BCUT2D eigenvalue weighted by molar-refractivity contribution is 0.103. The van der Waals surface area contributed by atoms with Crippen LogP contribution in [0.15, 0.2) is 38.6 Å². The lowest BCUT2D eigenvalue weighted by Crippen LogP contribution is -2.09. The average molecular weight is 389 g/mol. The van der Waals surface area contributed by atoms with Gasteiger partial charge in [-0.3, -0.25) is 9.59 Å². The highest BCUT2D eigenvalue weighted by Gasteiger charge is 2.12. The Morgan fingerprint density at radius 2 is 1.89 bits per heavy atom. The van der Waals surface area contributed by atoms with Crippen LogP contribution in [0.4, 0.5) is 5.69 Å². The van der Waals surface area contributed by atoms with Gasteiger partial charge < -0.3 is 5.32 Å². The fourth-order valence-corrected chi connectivity index (χ4v) is 3.23. The molecule has 92 valence electrons. The third kappa shape index (κ3) is 3.07. The molecule has 2 rings (SSSR count). The minimum Gasteiger partial charge on any atom is -0.321 e. The van der Waals surface area contributed by atoms with Gasteiger partial charge in [0.25, 0.3) is 5.91 Å². The molecule has 0 spiro atoms. The summed E-state index contributed by atoms with van der Waals surface area (Å²) in [5.74, 6) is -0.176. The standard InChI is InChI=1S/C12H7Br2NO2S/c13-9-5-10(18-11(9)14)12(17)15-8-3-1-7(6-16)2-4-8/h1-6H,(H,15,17). The largest absolute Gasteiger partial charge is 0.321 e. The zero-order chi connectivity index (χ0) is 13.1. The van der Waals surface area contributed by atoms with Crippen molar-refractivity contribution >= 4 is 61.1 Å². The van der Waals surface area contributed by atoms with E-state index >= 15 is 0 Å². The molecule has 0 fully saturated rings. The van der Waals surface area contributed by atoms with Crippen molar-refractivity contribution in [2.75, 3.05) is 5.32 Å². The summed E-state index contributed by atoms with van der Waals surface area (Å²) < 4.78 is 1.73. The van der Waals surface area contributed by atoms with Crippen LogP contribution in [0.2, 0.25) is 0 Å². The van der Waals surface area contributed by atoms with Crippen LogP contribution in [-0.2, 0) is 0 Å². The van der Waals surface area contributed by atoms with Gasteiger partial charge in [-0.05, 0) is 62.2 Å². The summed E-state index contributed by atoms with van der Waals surface area (Å²) in [4.78, 5) is 23.0. The molecule has 1 aromatic heterocycles. The molecule has 0 radical (unpaired) electrons. The minimum absolute atomic E-state index is 0.176. The van der Waals surface area contributed by atoms with E-state index in [1.807, 2.05) is 0 Å². The van der Waals surface area contributed by atoms with Crippen molar-refractivity contribution < 1.29 is 9.59 Å². The first kappa shape index (κ1) is 13.5. The summed E-state index contributed by atoms with van der Waals surface area (Å²) in [6, 6.07) is 8.45. The molecule has 0 saturated carbocycles. The second-order valence-corrected chi connectivity index (χ2v) is 6.65. The van der Waals surface area contributed by atoms with Crippen molar-refractivity contribution in [3.05, 3.63) is 49.0 Å². The first-order chi connectivity index (χ1) is 8.60. The number of rotatable bonds is 3. The van der Waals surface area contributed by atoms with Crippen LogP contribution in [0.1, 0.15) is 20.0 Å². The Morgan fingerprint density at radius 3 is 2.39 bits per heavy atom. The average Bonchev–Trinajstić information content (AvgIpc) is 2.71. The first-order valence-electron chi connectivity index (χ1n) is 4.91. The van der Waals surface area contributed by atoms with E-state index in [9.17, 15) is 9.59 Å². The molecule has 3 nitrogen and oxygen atoms in total. The van der Waals surface area contributed by atoms with Gasteiger partial charge in [-0.25, -0.2) is 0 Å². The van der Waals surface area contributed by atoms with Crippen LogP contribution < -0.4 is 5.32 Å². The molecule has 1 N–H and O–H groups in total. The fourth-order valence-electron chi connectivity index (χ4n) is 1.30. The fraction of sp³-hybridized carbons (Fsp3) is 0. The number of amides is 1. The van der Waals surface area contributed by atoms with Crippen LogP contribution in [0, 0.1) is 0 Å². The molecule has 0 unspecified atom stereocenters. The maximum Gasteiger partial charge on any atom is 0.265 e. The van der Waals surface area contributed by atoms with Gasteiger partial charge in [0.15, 0.2) is 0 Å². The summed E-state index contributed by atoms with van der Waals surface area (Å²) in [7, 11) is 0. The van der Waals surface area contributed by atoms with Gasteiger partial charge in [-0.2, -0.15) is 0 Å². The summed E-state index contributed by atoms with van der Waals surface area (Å²) in [6.45, 7) is 0. The molecular weight excluding hydrogens is 382 g/mol. The van der Waals surface area contributed by atoms with E-state index in [1.54, 1.807) is 30.3 Å². The number of nitrogens with one attached hydrogen (secondary N) is 1. The summed E-state index contributed by atoms with van der Waals surface area (Å²) in [6.07, 6.45) is 0.763. The number of carbonyl (C=O) groups excluding carboxylic acids is 2. The first-order valence-corrected chi connectivity index (χ1v) is 7.32. The van der Waals surface area contributed by atoms with Crippen LogP contribution in [0.3, 0.4) is 0 Å². The van der Waals surface area contributed by atoms with Crippen LogP contribution in [-0.4, -0.2) is 12.2 Å². The van der Waals surface area contributed by atoms with Crippen molar-refractivity contribution in [2.24, 2.45) is 0 Å². The van der Waals surface area contributed by atoms with Crippen LogP contribution >= 0.6 is 43.2 Å². The molecule has 18 heavy (non-hydrogen) atoms. The van der Waals surface area contributed by atoms with E-state index in [0.29, 0.717) is 16.1 Å². The zero-order valence-electron chi connectivity index (χ0n) is 8.94. The predicted molar refractivity (Wildman–Crippen MR) is 79.5 cm³/mol. The molecule has 1 heterocycles. The molecule has 0 aliphatic heterocycles.